The molecule has 13 heteroatoms. The minimum Gasteiger partial charge on any atom is -0.468 e. The van der Waals surface area contributed by atoms with Crippen molar-refractivity contribution in [1.29, 1.82) is 0 Å². The first-order valence-electron chi connectivity index (χ1n) is 10.1. The van der Waals surface area contributed by atoms with Crippen LogP contribution in [-0.2, 0) is 16.1 Å². The molecule has 1 amide bonds. The van der Waals surface area contributed by atoms with Gasteiger partial charge in [0.1, 0.15) is 23.6 Å². The molecule has 10 nitrogen and oxygen atoms in total. The number of nitrogens with one attached hydrogen (secondary N) is 1. The van der Waals surface area contributed by atoms with Crippen LogP contribution in [0.2, 0.25) is 0 Å². The van der Waals surface area contributed by atoms with Gasteiger partial charge in [-0.3, -0.25) is 14.3 Å². The summed E-state index contributed by atoms with van der Waals surface area (Å²) in [6, 6.07) is 6.57. The van der Waals surface area contributed by atoms with E-state index in [1.54, 1.807) is 24.4 Å². The molecule has 5 rings (SSSR count). The van der Waals surface area contributed by atoms with Crippen LogP contribution >= 0.6 is 11.3 Å². The van der Waals surface area contributed by atoms with Gasteiger partial charge in [-0.25, -0.2) is 9.50 Å². The molecule has 35 heavy (non-hydrogen) atoms. The molecule has 0 radical (unpaired) electrons. The molecule has 0 fully saturated rings. The Bertz CT molecular complexity index is 1560. The fraction of sp³-hybridized carbons (Fsp3) is 0.136. The fourth-order valence-electron chi connectivity index (χ4n) is 3.53. The number of methoxy groups -OCH3 is 1. The van der Waals surface area contributed by atoms with Crippen molar-refractivity contribution < 1.29 is 27.8 Å². The number of carbonyl (C=O) groups is 2. The number of aromatic nitrogens is 5. The lowest BCUT2D eigenvalue weighted by Gasteiger charge is -2.11. The van der Waals surface area contributed by atoms with Gasteiger partial charge in [0.25, 0.3) is 5.91 Å². The van der Waals surface area contributed by atoms with Gasteiger partial charge in [0.05, 0.1) is 19.0 Å². The van der Waals surface area contributed by atoms with E-state index in [1.165, 1.54) is 52.3 Å². The van der Waals surface area contributed by atoms with Crippen LogP contribution in [0.1, 0.15) is 10.4 Å². The maximum Gasteiger partial charge on any atom is 0.387 e. The lowest BCUT2D eigenvalue weighted by atomic mass is 10.1. The van der Waals surface area contributed by atoms with Gasteiger partial charge in [0, 0.05) is 28.9 Å². The van der Waals surface area contributed by atoms with E-state index in [4.69, 9.17) is 9.47 Å². The molecule has 0 saturated carbocycles. The van der Waals surface area contributed by atoms with Crippen molar-refractivity contribution in [2.24, 2.45) is 0 Å². The lowest BCUT2D eigenvalue weighted by Crippen LogP contribution is -2.13. The minimum atomic E-state index is -3.08. The molecule has 1 aromatic carbocycles. The van der Waals surface area contributed by atoms with Gasteiger partial charge < -0.3 is 14.8 Å². The van der Waals surface area contributed by atoms with E-state index in [9.17, 15) is 18.4 Å². The number of nitrogens with zero attached hydrogens (tertiary/aromatic N) is 5. The number of esters is 1. The van der Waals surface area contributed by atoms with Crippen LogP contribution < -0.4 is 10.1 Å². The van der Waals surface area contributed by atoms with Crippen molar-refractivity contribution in [2.75, 3.05) is 12.4 Å². The summed E-state index contributed by atoms with van der Waals surface area (Å²) >= 11 is 1.41. The van der Waals surface area contributed by atoms with Gasteiger partial charge in [0.15, 0.2) is 5.65 Å². The standard InChI is InChI=1S/C22H16F2N6O4S/c1-33-18(31)11-29-10-15(27-21(32)14-9-26-30-5-2-4-25-20(14)30)19(28-29)13-8-17-12(3-6-35-17)7-16(13)34-22(23)24/h2-10,22H,11H2,1H3,(H,27,32). The summed E-state index contributed by atoms with van der Waals surface area (Å²) in [6.45, 7) is -3.34. The van der Waals surface area contributed by atoms with Gasteiger partial charge in [-0.05, 0) is 35.0 Å². The second kappa shape index (κ2) is 9.10. The summed E-state index contributed by atoms with van der Waals surface area (Å²) in [5.74, 6) is -1.25. The number of rotatable bonds is 7. The molecule has 4 aromatic heterocycles. The molecule has 5 aromatic rings. The van der Waals surface area contributed by atoms with E-state index in [1.807, 2.05) is 5.38 Å². The number of hydrogen-bond donors (Lipinski definition) is 1. The molecule has 0 unspecified atom stereocenters. The molecule has 0 aliphatic rings. The molecule has 0 aliphatic heterocycles. The molecule has 0 spiro atoms. The Balaban J connectivity index is 1.60. The largest absolute Gasteiger partial charge is 0.468 e. The van der Waals surface area contributed by atoms with Crippen LogP contribution in [0.4, 0.5) is 14.5 Å². The molecule has 178 valence electrons. The summed E-state index contributed by atoms with van der Waals surface area (Å²) in [4.78, 5) is 29.1. The predicted molar refractivity (Wildman–Crippen MR) is 123 cm³/mol. The average Bonchev–Trinajstić information content (AvgIpc) is 3.56. The molecular weight excluding hydrogens is 482 g/mol. The number of thiophene rings is 1. The Labute approximate surface area is 199 Å². The highest BCUT2D eigenvalue weighted by Gasteiger charge is 2.23. The van der Waals surface area contributed by atoms with Gasteiger partial charge in [0.2, 0.25) is 0 Å². The zero-order valence-electron chi connectivity index (χ0n) is 18.0. The summed E-state index contributed by atoms with van der Waals surface area (Å²) in [6.07, 6.45) is 5.94. The number of ether oxygens (including phenoxy) is 2. The fourth-order valence-corrected chi connectivity index (χ4v) is 4.34. The van der Waals surface area contributed by atoms with Gasteiger partial charge in [-0.15, -0.1) is 11.3 Å². The van der Waals surface area contributed by atoms with Crippen LogP contribution in [0, 0.1) is 0 Å². The van der Waals surface area contributed by atoms with Crippen molar-refractivity contribution in [3.63, 3.8) is 0 Å². The smallest absolute Gasteiger partial charge is 0.387 e. The third-order valence-electron chi connectivity index (χ3n) is 5.08. The number of halogens is 2. The Hall–Kier alpha value is -4.39. The van der Waals surface area contributed by atoms with E-state index in [-0.39, 0.29) is 34.8 Å². The number of benzene rings is 1. The highest BCUT2D eigenvalue weighted by atomic mass is 32.1. The van der Waals surface area contributed by atoms with Crippen LogP contribution in [-0.4, -0.2) is 50.0 Å². The van der Waals surface area contributed by atoms with E-state index in [0.717, 1.165) is 4.70 Å². The number of carbonyl (C=O) groups excluding carboxylic acids is 2. The van der Waals surface area contributed by atoms with E-state index in [0.29, 0.717) is 11.0 Å². The average molecular weight is 498 g/mol. The summed E-state index contributed by atoms with van der Waals surface area (Å²) < 4.78 is 39.4. The molecule has 0 saturated heterocycles. The number of anilines is 1. The Morgan fingerprint density at radius 3 is 2.94 bits per heavy atom. The third-order valence-corrected chi connectivity index (χ3v) is 5.96. The first-order chi connectivity index (χ1) is 16.9. The van der Waals surface area contributed by atoms with Crippen molar-refractivity contribution in [3.8, 4) is 17.0 Å². The van der Waals surface area contributed by atoms with Gasteiger partial charge in [-0.1, -0.05) is 0 Å². The Kier molecular flexibility index (Phi) is 5.82. The lowest BCUT2D eigenvalue weighted by molar-refractivity contribution is -0.141. The van der Waals surface area contributed by atoms with Gasteiger partial charge in [-0.2, -0.15) is 19.0 Å². The van der Waals surface area contributed by atoms with Gasteiger partial charge >= 0.3 is 12.6 Å². The molecule has 0 aliphatic carbocycles. The molecular formula is C22H16F2N6O4S. The number of alkyl halides is 2. The Morgan fingerprint density at radius 2 is 2.14 bits per heavy atom. The van der Waals surface area contributed by atoms with Crippen molar-refractivity contribution >= 4 is 44.6 Å². The van der Waals surface area contributed by atoms with E-state index in [2.05, 4.69) is 20.5 Å². The minimum absolute atomic E-state index is 0.123. The maximum absolute atomic E-state index is 13.2. The molecule has 4 heterocycles. The van der Waals surface area contributed by atoms with Crippen molar-refractivity contribution in [1.82, 2.24) is 24.4 Å². The predicted octanol–water partition coefficient (Wildman–Crippen LogP) is 3.83. The summed E-state index contributed by atoms with van der Waals surface area (Å²) in [7, 11) is 1.23. The number of amides is 1. The second-order valence-electron chi connectivity index (χ2n) is 7.25. The van der Waals surface area contributed by atoms with Crippen molar-refractivity contribution in [2.45, 2.75) is 13.2 Å². The molecule has 1 N–H and O–H groups in total. The van der Waals surface area contributed by atoms with Crippen LogP contribution in [0.15, 0.2) is 54.4 Å². The topological polar surface area (TPSA) is 113 Å². The normalized spacial score (nSPS) is 11.3. The zero-order chi connectivity index (χ0) is 24.5. The van der Waals surface area contributed by atoms with Crippen LogP contribution in [0.3, 0.4) is 0 Å². The quantitative estimate of drug-likeness (QED) is 0.339. The highest BCUT2D eigenvalue weighted by Crippen LogP contribution is 2.39. The summed E-state index contributed by atoms with van der Waals surface area (Å²) in [5, 5.41) is 13.7. The second-order valence-corrected chi connectivity index (χ2v) is 8.20. The molecule has 0 bridgehead atoms. The number of hydrogen-bond acceptors (Lipinski definition) is 8. The van der Waals surface area contributed by atoms with E-state index >= 15 is 0 Å². The van der Waals surface area contributed by atoms with Crippen LogP contribution in [0.25, 0.3) is 27.0 Å². The highest BCUT2D eigenvalue weighted by molar-refractivity contribution is 7.17. The zero-order valence-corrected chi connectivity index (χ0v) is 18.8. The first kappa shape index (κ1) is 22.4. The molecule has 0 atom stereocenters. The van der Waals surface area contributed by atoms with E-state index < -0.39 is 18.5 Å². The first-order valence-corrected chi connectivity index (χ1v) is 11.0. The Morgan fingerprint density at radius 1 is 1.29 bits per heavy atom. The van der Waals surface area contributed by atoms with Crippen molar-refractivity contribution in [3.05, 3.63) is 60.0 Å². The SMILES string of the molecule is COC(=O)Cn1cc(NC(=O)c2cnn3cccnc23)c(-c2cc3sccc3cc2OC(F)F)n1. The summed E-state index contributed by atoms with van der Waals surface area (Å²) in [5.41, 5.74) is 1.05. The number of fused-ring (bicyclic) bond motifs is 2. The maximum atomic E-state index is 13.2. The monoisotopic (exact) mass is 498 g/mol. The van der Waals surface area contributed by atoms with Crippen LogP contribution in [0.5, 0.6) is 5.75 Å². The third kappa shape index (κ3) is 4.40.